The highest BCUT2D eigenvalue weighted by Crippen LogP contribution is 2.16. The fourth-order valence-corrected chi connectivity index (χ4v) is 1.57. The monoisotopic (exact) mass is 193 g/mol. The van der Waals surface area contributed by atoms with Gasteiger partial charge < -0.3 is 10.4 Å². The summed E-state index contributed by atoms with van der Waals surface area (Å²) in [6.07, 6.45) is 2.33. The smallest absolute Gasteiger partial charge is 0.0701 e. The van der Waals surface area contributed by atoms with Crippen LogP contribution in [0.1, 0.15) is 32.3 Å². The third-order valence-electron chi connectivity index (χ3n) is 2.31. The van der Waals surface area contributed by atoms with Gasteiger partial charge in [-0.3, -0.25) is 0 Å². The number of para-hydroxylation sites is 1. The Morgan fingerprint density at radius 2 is 2.07 bits per heavy atom. The molecule has 0 amide bonds. The molecule has 78 valence electrons. The van der Waals surface area contributed by atoms with Crippen molar-refractivity contribution in [3.63, 3.8) is 0 Å². The van der Waals surface area contributed by atoms with Gasteiger partial charge >= 0.3 is 0 Å². The van der Waals surface area contributed by atoms with E-state index in [2.05, 4.69) is 19.2 Å². The van der Waals surface area contributed by atoms with Gasteiger partial charge in [-0.05, 0) is 19.4 Å². The summed E-state index contributed by atoms with van der Waals surface area (Å²) in [5.41, 5.74) is 2.02. The molecule has 0 aromatic heterocycles. The number of hydrogen-bond donors (Lipinski definition) is 2. The first kappa shape index (κ1) is 11.1. The lowest BCUT2D eigenvalue weighted by molar-refractivity contribution is 0.282. The largest absolute Gasteiger partial charge is 0.392 e. The van der Waals surface area contributed by atoms with Crippen LogP contribution in [-0.4, -0.2) is 11.1 Å². The van der Waals surface area contributed by atoms with Gasteiger partial charge in [0.15, 0.2) is 0 Å². The molecule has 0 radical (unpaired) electrons. The summed E-state index contributed by atoms with van der Waals surface area (Å²) in [5, 5.41) is 12.5. The predicted molar refractivity (Wildman–Crippen MR) is 60.4 cm³/mol. The molecule has 0 saturated heterocycles. The van der Waals surface area contributed by atoms with Gasteiger partial charge in [-0.1, -0.05) is 31.5 Å². The lowest BCUT2D eigenvalue weighted by atomic mass is 10.1. The first-order chi connectivity index (χ1) is 6.77. The van der Waals surface area contributed by atoms with Crippen LogP contribution >= 0.6 is 0 Å². The SMILES string of the molecule is CCCC(C)Nc1ccccc1CO. The molecule has 1 atom stereocenters. The molecule has 1 unspecified atom stereocenters. The normalized spacial score (nSPS) is 12.5. The second kappa shape index (κ2) is 5.66. The molecule has 2 heteroatoms. The minimum Gasteiger partial charge on any atom is -0.392 e. The van der Waals surface area contributed by atoms with Crippen molar-refractivity contribution in [2.75, 3.05) is 5.32 Å². The zero-order chi connectivity index (χ0) is 10.4. The Morgan fingerprint density at radius 3 is 2.71 bits per heavy atom. The summed E-state index contributed by atoms with van der Waals surface area (Å²) in [7, 11) is 0. The van der Waals surface area contributed by atoms with Gasteiger partial charge in [-0.15, -0.1) is 0 Å². The molecule has 0 aliphatic heterocycles. The molecule has 1 rings (SSSR count). The maximum atomic E-state index is 9.12. The van der Waals surface area contributed by atoms with E-state index >= 15 is 0 Å². The van der Waals surface area contributed by atoms with Gasteiger partial charge in [-0.25, -0.2) is 0 Å². The molecule has 1 aromatic rings. The molecule has 0 bridgehead atoms. The van der Waals surface area contributed by atoms with E-state index in [1.165, 1.54) is 6.42 Å². The van der Waals surface area contributed by atoms with Crippen LogP contribution in [0, 0.1) is 0 Å². The van der Waals surface area contributed by atoms with Crippen molar-refractivity contribution in [1.29, 1.82) is 0 Å². The molecule has 0 spiro atoms. The Morgan fingerprint density at radius 1 is 1.36 bits per heavy atom. The Kier molecular flexibility index (Phi) is 4.47. The summed E-state index contributed by atoms with van der Waals surface area (Å²) in [5.74, 6) is 0. The lowest BCUT2D eigenvalue weighted by Crippen LogP contribution is -2.15. The topological polar surface area (TPSA) is 32.3 Å². The maximum Gasteiger partial charge on any atom is 0.0701 e. The number of benzene rings is 1. The molecule has 14 heavy (non-hydrogen) atoms. The van der Waals surface area contributed by atoms with Gasteiger partial charge in [0.2, 0.25) is 0 Å². The highest BCUT2D eigenvalue weighted by atomic mass is 16.3. The van der Waals surface area contributed by atoms with Crippen LogP contribution in [0.25, 0.3) is 0 Å². The van der Waals surface area contributed by atoms with E-state index in [0.717, 1.165) is 17.7 Å². The summed E-state index contributed by atoms with van der Waals surface area (Å²) < 4.78 is 0. The van der Waals surface area contributed by atoms with Crippen LogP contribution in [-0.2, 0) is 6.61 Å². The molecule has 0 heterocycles. The molecule has 0 fully saturated rings. The van der Waals surface area contributed by atoms with Crippen molar-refractivity contribution in [3.8, 4) is 0 Å². The average Bonchev–Trinajstić information content (AvgIpc) is 2.19. The molecule has 0 aliphatic rings. The lowest BCUT2D eigenvalue weighted by Gasteiger charge is -2.16. The molecule has 1 aromatic carbocycles. The predicted octanol–water partition coefficient (Wildman–Crippen LogP) is 2.78. The Hall–Kier alpha value is -1.02. The molecule has 2 N–H and O–H groups in total. The van der Waals surface area contributed by atoms with Crippen molar-refractivity contribution in [2.45, 2.75) is 39.3 Å². The van der Waals surface area contributed by atoms with Crippen LogP contribution in [0.4, 0.5) is 5.69 Å². The standard InChI is InChI=1S/C12H19NO/c1-3-6-10(2)13-12-8-5-4-7-11(12)9-14/h4-5,7-8,10,13-14H,3,6,9H2,1-2H3. The third kappa shape index (κ3) is 3.04. The summed E-state index contributed by atoms with van der Waals surface area (Å²) in [4.78, 5) is 0. The van der Waals surface area contributed by atoms with E-state index in [4.69, 9.17) is 5.11 Å². The van der Waals surface area contributed by atoms with E-state index in [0.29, 0.717) is 6.04 Å². The second-order valence-electron chi connectivity index (χ2n) is 3.65. The number of anilines is 1. The van der Waals surface area contributed by atoms with Gasteiger partial charge in [0.05, 0.1) is 6.61 Å². The van der Waals surface area contributed by atoms with Crippen LogP contribution in [0.5, 0.6) is 0 Å². The van der Waals surface area contributed by atoms with Gasteiger partial charge in [0.1, 0.15) is 0 Å². The summed E-state index contributed by atoms with van der Waals surface area (Å²) >= 11 is 0. The summed E-state index contributed by atoms with van der Waals surface area (Å²) in [6, 6.07) is 8.35. The van der Waals surface area contributed by atoms with E-state index < -0.39 is 0 Å². The molecular weight excluding hydrogens is 174 g/mol. The first-order valence-electron chi connectivity index (χ1n) is 5.23. The fraction of sp³-hybridized carbons (Fsp3) is 0.500. The number of aliphatic hydroxyl groups excluding tert-OH is 1. The molecule has 2 nitrogen and oxygen atoms in total. The first-order valence-corrected chi connectivity index (χ1v) is 5.23. The Bertz CT molecular complexity index is 273. The van der Waals surface area contributed by atoms with Crippen LogP contribution in [0.15, 0.2) is 24.3 Å². The van der Waals surface area contributed by atoms with Crippen molar-refractivity contribution in [2.24, 2.45) is 0 Å². The van der Waals surface area contributed by atoms with E-state index in [1.807, 2.05) is 24.3 Å². The van der Waals surface area contributed by atoms with Crippen molar-refractivity contribution < 1.29 is 5.11 Å². The Balaban J connectivity index is 2.65. The van der Waals surface area contributed by atoms with Crippen molar-refractivity contribution in [3.05, 3.63) is 29.8 Å². The maximum absolute atomic E-state index is 9.12. The molecule has 0 saturated carbocycles. The van der Waals surface area contributed by atoms with Crippen molar-refractivity contribution >= 4 is 5.69 Å². The highest BCUT2D eigenvalue weighted by molar-refractivity contribution is 5.51. The zero-order valence-electron chi connectivity index (χ0n) is 8.96. The second-order valence-corrected chi connectivity index (χ2v) is 3.65. The average molecular weight is 193 g/mol. The van der Waals surface area contributed by atoms with Gasteiger partial charge in [-0.2, -0.15) is 0 Å². The van der Waals surface area contributed by atoms with Crippen LogP contribution in [0.3, 0.4) is 0 Å². The minimum absolute atomic E-state index is 0.0992. The zero-order valence-corrected chi connectivity index (χ0v) is 8.96. The van der Waals surface area contributed by atoms with E-state index in [9.17, 15) is 0 Å². The van der Waals surface area contributed by atoms with Crippen molar-refractivity contribution in [1.82, 2.24) is 0 Å². The molecule has 0 aliphatic carbocycles. The van der Waals surface area contributed by atoms with E-state index in [1.54, 1.807) is 0 Å². The minimum atomic E-state index is 0.0992. The number of aliphatic hydroxyl groups is 1. The van der Waals surface area contributed by atoms with Gasteiger partial charge in [0.25, 0.3) is 0 Å². The fourth-order valence-electron chi connectivity index (χ4n) is 1.57. The van der Waals surface area contributed by atoms with Crippen LogP contribution in [0.2, 0.25) is 0 Å². The summed E-state index contributed by atoms with van der Waals surface area (Å²) in [6.45, 7) is 4.44. The Labute approximate surface area is 86.0 Å². The van der Waals surface area contributed by atoms with E-state index in [-0.39, 0.29) is 6.61 Å². The quantitative estimate of drug-likeness (QED) is 0.753. The van der Waals surface area contributed by atoms with Crippen LogP contribution < -0.4 is 5.32 Å². The number of nitrogens with one attached hydrogen (secondary N) is 1. The highest BCUT2D eigenvalue weighted by Gasteiger charge is 2.03. The number of hydrogen-bond acceptors (Lipinski definition) is 2. The van der Waals surface area contributed by atoms with Gasteiger partial charge in [0, 0.05) is 17.3 Å². The molecular formula is C12H19NO. The number of rotatable bonds is 5. The third-order valence-corrected chi connectivity index (χ3v) is 2.31.